The molecule has 0 aliphatic heterocycles. The maximum absolute atomic E-state index is 5.82. The van der Waals surface area contributed by atoms with Gasteiger partial charge in [-0.2, -0.15) is 0 Å². The van der Waals surface area contributed by atoms with Crippen LogP contribution in [-0.2, 0) is 6.61 Å². The summed E-state index contributed by atoms with van der Waals surface area (Å²) in [6, 6.07) is 14.1. The zero-order chi connectivity index (χ0) is 14.5. The van der Waals surface area contributed by atoms with E-state index in [0.717, 1.165) is 21.5 Å². The summed E-state index contributed by atoms with van der Waals surface area (Å²) in [5.74, 6) is 2.25. The van der Waals surface area contributed by atoms with Gasteiger partial charge in [-0.1, -0.05) is 41.9 Å². The number of halogens is 1. The number of benzene rings is 2. The van der Waals surface area contributed by atoms with Crippen LogP contribution in [0.5, 0.6) is 11.5 Å². The second-order valence-electron chi connectivity index (χ2n) is 4.97. The van der Waals surface area contributed by atoms with Crippen LogP contribution in [0.4, 0.5) is 0 Å². The summed E-state index contributed by atoms with van der Waals surface area (Å²) >= 11 is 3.53. The van der Waals surface area contributed by atoms with Crippen LogP contribution in [0.25, 0.3) is 0 Å². The fourth-order valence-corrected chi connectivity index (χ4v) is 2.26. The van der Waals surface area contributed by atoms with Crippen LogP contribution >= 0.6 is 15.9 Å². The molecule has 0 atom stereocenters. The SMILES string of the molecule is COc1ccc(Br)c(COc2ccc(C(C)C)cc2)c1. The Morgan fingerprint density at radius 3 is 2.25 bits per heavy atom. The minimum atomic E-state index is 0.513. The van der Waals surface area contributed by atoms with Gasteiger partial charge in [0.05, 0.1) is 7.11 Å². The molecule has 0 saturated heterocycles. The van der Waals surface area contributed by atoms with E-state index in [1.54, 1.807) is 7.11 Å². The van der Waals surface area contributed by atoms with Crippen LogP contribution in [-0.4, -0.2) is 7.11 Å². The molecule has 0 aliphatic carbocycles. The van der Waals surface area contributed by atoms with E-state index in [1.165, 1.54) is 5.56 Å². The lowest BCUT2D eigenvalue weighted by Crippen LogP contribution is -1.97. The fourth-order valence-electron chi connectivity index (χ4n) is 1.90. The molecule has 0 spiro atoms. The van der Waals surface area contributed by atoms with E-state index >= 15 is 0 Å². The Bertz CT molecular complexity index is 562. The molecule has 2 nitrogen and oxygen atoms in total. The Labute approximate surface area is 128 Å². The average Bonchev–Trinajstić information content (AvgIpc) is 2.47. The van der Waals surface area contributed by atoms with Gasteiger partial charge in [-0.25, -0.2) is 0 Å². The molecule has 20 heavy (non-hydrogen) atoms. The van der Waals surface area contributed by atoms with E-state index in [9.17, 15) is 0 Å². The molecule has 3 heteroatoms. The van der Waals surface area contributed by atoms with E-state index in [4.69, 9.17) is 9.47 Å². The van der Waals surface area contributed by atoms with Gasteiger partial charge < -0.3 is 9.47 Å². The maximum Gasteiger partial charge on any atom is 0.119 e. The molecule has 0 aliphatic rings. The molecule has 0 saturated carbocycles. The second-order valence-corrected chi connectivity index (χ2v) is 5.82. The number of hydrogen-bond acceptors (Lipinski definition) is 2. The highest BCUT2D eigenvalue weighted by atomic mass is 79.9. The molecule has 2 aromatic rings. The molecule has 106 valence electrons. The average molecular weight is 335 g/mol. The number of ether oxygens (including phenoxy) is 2. The summed E-state index contributed by atoms with van der Waals surface area (Å²) in [7, 11) is 1.67. The Kier molecular flexibility index (Phi) is 5.07. The summed E-state index contributed by atoms with van der Waals surface area (Å²) in [4.78, 5) is 0. The highest BCUT2D eigenvalue weighted by molar-refractivity contribution is 9.10. The van der Waals surface area contributed by atoms with Crippen LogP contribution < -0.4 is 9.47 Å². The van der Waals surface area contributed by atoms with Gasteiger partial charge >= 0.3 is 0 Å². The monoisotopic (exact) mass is 334 g/mol. The minimum absolute atomic E-state index is 0.513. The van der Waals surface area contributed by atoms with Gasteiger partial charge in [0.1, 0.15) is 18.1 Å². The number of methoxy groups -OCH3 is 1. The molecule has 2 aromatic carbocycles. The summed E-state index contributed by atoms with van der Waals surface area (Å²) < 4.78 is 12.1. The normalized spacial score (nSPS) is 10.7. The summed E-state index contributed by atoms with van der Waals surface area (Å²) in [5.41, 5.74) is 2.39. The lowest BCUT2D eigenvalue weighted by molar-refractivity contribution is 0.304. The Balaban J connectivity index is 2.04. The molecule has 0 amide bonds. The van der Waals surface area contributed by atoms with E-state index in [-0.39, 0.29) is 0 Å². The maximum atomic E-state index is 5.82. The smallest absolute Gasteiger partial charge is 0.119 e. The van der Waals surface area contributed by atoms with Gasteiger partial charge in [-0.05, 0) is 41.8 Å². The van der Waals surface area contributed by atoms with Crippen LogP contribution in [0.15, 0.2) is 46.9 Å². The predicted molar refractivity (Wildman–Crippen MR) is 85.6 cm³/mol. The van der Waals surface area contributed by atoms with Crippen LogP contribution in [0.2, 0.25) is 0 Å². The van der Waals surface area contributed by atoms with E-state index in [1.807, 2.05) is 30.3 Å². The van der Waals surface area contributed by atoms with Crippen molar-refractivity contribution < 1.29 is 9.47 Å². The van der Waals surface area contributed by atoms with E-state index in [2.05, 4.69) is 41.9 Å². The quantitative estimate of drug-likeness (QED) is 0.751. The summed E-state index contributed by atoms with van der Waals surface area (Å²) in [5, 5.41) is 0. The highest BCUT2D eigenvalue weighted by Gasteiger charge is 2.04. The van der Waals surface area contributed by atoms with Crippen molar-refractivity contribution in [2.45, 2.75) is 26.4 Å². The molecular formula is C17H19BrO2. The van der Waals surface area contributed by atoms with Gasteiger partial charge in [0.25, 0.3) is 0 Å². The number of rotatable bonds is 5. The molecular weight excluding hydrogens is 316 g/mol. The largest absolute Gasteiger partial charge is 0.497 e. The fraction of sp³-hybridized carbons (Fsp3) is 0.294. The zero-order valence-electron chi connectivity index (χ0n) is 12.0. The van der Waals surface area contributed by atoms with Gasteiger partial charge in [0, 0.05) is 10.0 Å². The molecule has 0 radical (unpaired) electrons. The van der Waals surface area contributed by atoms with E-state index in [0.29, 0.717) is 12.5 Å². The van der Waals surface area contributed by atoms with Gasteiger partial charge in [0.2, 0.25) is 0 Å². The summed E-state index contributed by atoms with van der Waals surface area (Å²) in [6.45, 7) is 4.88. The molecule has 0 fully saturated rings. The zero-order valence-corrected chi connectivity index (χ0v) is 13.6. The van der Waals surface area contributed by atoms with Crippen molar-refractivity contribution in [1.29, 1.82) is 0 Å². The predicted octanol–water partition coefficient (Wildman–Crippen LogP) is 5.16. The van der Waals surface area contributed by atoms with Gasteiger partial charge in [0.15, 0.2) is 0 Å². The first kappa shape index (κ1) is 14.9. The molecule has 0 aromatic heterocycles. The minimum Gasteiger partial charge on any atom is -0.497 e. The first-order valence-electron chi connectivity index (χ1n) is 6.65. The van der Waals surface area contributed by atoms with Crippen molar-refractivity contribution in [3.63, 3.8) is 0 Å². The van der Waals surface area contributed by atoms with E-state index < -0.39 is 0 Å². The van der Waals surface area contributed by atoms with Crippen molar-refractivity contribution in [3.05, 3.63) is 58.1 Å². The summed E-state index contributed by atoms with van der Waals surface area (Å²) in [6.07, 6.45) is 0. The van der Waals surface area contributed by atoms with Crippen LogP contribution in [0, 0.1) is 0 Å². The van der Waals surface area contributed by atoms with Gasteiger partial charge in [-0.3, -0.25) is 0 Å². The molecule has 0 bridgehead atoms. The molecule has 0 heterocycles. The molecule has 2 rings (SSSR count). The third kappa shape index (κ3) is 3.76. The highest BCUT2D eigenvalue weighted by Crippen LogP contribution is 2.25. The second kappa shape index (κ2) is 6.80. The standard InChI is InChI=1S/C17H19BrO2/c1-12(2)13-4-6-15(7-5-13)20-11-14-10-16(19-3)8-9-17(14)18/h4-10,12H,11H2,1-3H3. The van der Waals surface area contributed by atoms with Crippen LogP contribution in [0.3, 0.4) is 0 Å². The van der Waals surface area contributed by atoms with Crippen molar-refractivity contribution in [2.24, 2.45) is 0 Å². The topological polar surface area (TPSA) is 18.5 Å². The Morgan fingerprint density at radius 2 is 1.65 bits per heavy atom. The molecule has 0 N–H and O–H groups in total. The molecule has 0 unspecified atom stereocenters. The lowest BCUT2D eigenvalue weighted by Gasteiger charge is -2.11. The third-order valence-electron chi connectivity index (χ3n) is 3.19. The Hall–Kier alpha value is -1.48. The van der Waals surface area contributed by atoms with Crippen molar-refractivity contribution in [3.8, 4) is 11.5 Å². The third-order valence-corrected chi connectivity index (χ3v) is 3.97. The first-order chi connectivity index (χ1) is 9.60. The van der Waals surface area contributed by atoms with Crippen molar-refractivity contribution >= 4 is 15.9 Å². The Morgan fingerprint density at radius 1 is 1.00 bits per heavy atom. The van der Waals surface area contributed by atoms with Gasteiger partial charge in [-0.15, -0.1) is 0 Å². The van der Waals surface area contributed by atoms with Crippen molar-refractivity contribution in [1.82, 2.24) is 0 Å². The van der Waals surface area contributed by atoms with Crippen LogP contribution in [0.1, 0.15) is 30.9 Å². The lowest BCUT2D eigenvalue weighted by atomic mass is 10.0. The number of hydrogen-bond donors (Lipinski definition) is 0. The van der Waals surface area contributed by atoms with Crippen molar-refractivity contribution in [2.75, 3.05) is 7.11 Å². The first-order valence-corrected chi connectivity index (χ1v) is 7.44.